The number of nitrogens with two attached hydrogens (primary N) is 1. The van der Waals surface area contributed by atoms with Crippen molar-refractivity contribution >= 4 is 38.3 Å². The van der Waals surface area contributed by atoms with E-state index in [0.717, 1.165) is 34.4 Å². The largest absolute Gasteiger partial charge is 0.483 e. The first-order chi connectivity index (χ1) is 17.6. The molecule has 5 aromatic rings. The number of hydrogen-bond acceptors (Lipinski definition) is 5. The molecule has 3 N–H and O–H groups in total. The van der Waals surface area contributed by atoms with Gasteiger partial charge in [-0.05, 0) is 53.9 Å². The number of hydrogen-bond donors (Lipinski definition) is 2. The summed E-state index contributed by atoms with van der Waals surface area (Å²) in [5.41, 5.74) is 4.16. The minimum atomic E-state index is -4.31. The highest BCUT2D eigenvalue weighted by molar-refractivity contribution is 7.19. The molecule has 0 saturated carbocycles. The van der Waals surface area contributed by atoms with Crippen LogP contribution in [0.2, 0.25) is 0 Å². The van der Waals surface area contributed by atoms with E-state index >= 15 is 0 Å². The summed E-state index contributed by atoms with van der Waals surface area (Å²) in [6.45, 7) is -0.198. The standard InChI is InChI=1S/C16H11F2NO3.C10H7F3OS/c17-11-5-6-13(15(18)14(11)16(19)20)21-8-10-7-9-3-1-2-4-12(9)22-10;11-10(12,13)7-1-2-9-6(3-7)4-8(5-14)15-9/h1-7H,8H2,(H2,19,20);1-4,14H,5H2. The lowest BCUT2D eigenvalue weighted by molar-refractivity contribution is -0.137. The van der Waals surface area contributed by atoms with Crippen molar-refractivity contribution in [2.45, 2.75) is 19.4 Å². The normalized spacial score (nSPS) is 11.4. The number of fused-ring (bicyclic) bond motifs is 2. The number of aliphatic hydroxyl groups excluding tert-OH is 1. The van der Waals surface area contributed by atoms with Gasteiger partial charge in [-0.1, -0.05) is 18.2 Å². The van der Waals surface area contributed by atoms with Crippen LogP contribution in [0.25, 0.3) is 21.1 Å². The van der Waals surface area contributed by atoms with E-state index in [1.165, 1.54) is 17.4 Å². The maximum Gasteiger partial charge on any atom is 0.416 e. The number of alkyl halides is 3. The molecule has 2 heterocycles. The van der Waals surface area contributed by atoms with Crippen molar-refractivity contribution in [1.82, 2.24) is 0 Å². The van der Waals surface area contributed by atoms with Gasteiger partial charge >= 0.3 is 6.18 Å². The molecule has 1 amide bonds. The lowest BCUT2D eigenvalue weighted by Crippen LogP contribution is -2.16. The minimum Gasteiger partial charge on any atom is -0.483 e. The number of halogens is 5. The number of thiophene rings is 1. The quantitative estimate of drug-likeness (QED) is 0.242. The van der Waals surface area contributed by atoms with Crippen molar-refractivity contribution in [3.05, 3.63) is 100 Å². The van der Waals surface area contributed by atoms with Crippen molar-refractivity contribution in [2.24, 2.45) is 5.73 Å². The van der Waals surface area contributed by atoms with Crippen molar-refractivity contribution in [3.63, 3.8) is 0 Å². The van der Waals surface area contributed by atoms with Gasteiger partial charge in [-0.15, -0.1) is 11.3 Å². The number of ether oxygens (including phenoxy) is 1. The zero-order chi connectivity index (χ0) is 26.7. The number of primary amides is 1. The number of benzene rings is 3. The van der Waals surface area contributed by atoms with Gasteiger partial charge in [0.1, 0.15) is 29.3 Å². The second-order valence-corrected chi connectivity index (χ2v) is 8.93. The van der Waals surface area contributed by atoms with Gasteiger partial charge in [-0.2, -0.15) is 13.2 Å². The maximum absolute atomic E-state index is 14.0. The second-order valence-electron chi connectivity index (χ2n) is 7.76. The van der Waals surface area contributed by atoms with E-state index in [1.807, 2.05) is 18.2 Å². The second kappa shape index (κ2) is 10.6. The van der Waals surface area contributed by atoms with E-state index < -0.39 is 34.8 Å². The average molecular weight is 535 g/mol. The molecule has 0 atom stereocenters. The van der Waals surface area contributed by atoms with Crippen LogP contribution >= 0.6 is 11.3 Å². The number of aliphatic hydroxyl groups is 1. The molecule has 11 heteroatoms. The highest BCUT2D eigenvalue weighted by Crippen LogP contribution is 2.34. The van der Waals surface area contributed by atoms with Crippen LogP contribution in [0.15, 0.2) is 71.1 Å². The summed E-state index contributed by atoms with van der Waals surface area (Å²) < 4.78 is 76.0. The topological polar surface area (TPSA) is 85.7 Å². The Hall–Kier alpha value is -3.96. The highest BCUT2D eigenvalue weighted by Gasteiger charge is 2.30. The molecule has 0 fully saturated rings. The molecule has 0 spiro atoms. The molecule has 0 aliphatic rings. The summed E-state index contributed by atoms with van der Waals surface area (Å²) in [5, 5.41) is 10.3. The zero-order valence-corrected chi connectivity index (χ0v) is 19.6. The molecule has 0 saturated heterocycles. The smallest absolute Gasteiger partial charge is 0.416 e. The Bertz CT molecular complexity index is 1540. The predicted molar refractivity (Wildman–Crippen MR) is 128 cm³/mol. The van der Waals surface area contributed by atoms with Crippen LogP contribution in [-0.2, 0) is 19.4 Å². The van der Waals surface area contributed by atoms with Crippen LogP contribution in [0, 0.1) is 11.6 Å². The van der Waals surface area contributed by atoms with E-state index in [-0.39, 0.29) is 19.0 Å². The third-order valence-corrected chi connectivity index (χ3v) is 6.30. The fourth-order valence-electron chi connectivity index (χ4n) is 3.48. The first-order valence-electron chi connectivity index (χ1n) is 10.7. The van der Waals surface area contributed by atoms with Gasteiger partial charge in [0.2, 0.25) is 0 Å². The van der Waals surface area contributed by atoms with Crippen LogP contribution in [0.5, 0.6) is 5.75 Å². The summed E-state index contributed by atoms with van der Waals surface area (Å²) in [7, 11) is 0. The maximum atomic E-state index is 14.0. The third kappa shape index (κ3) is 5.89. The van der Waals surface area contributed by atoms with Gasteiger partial charge in [0.05, 0.1) is 12.2 Å². The Morgan fingerprint density at radius 2 is 1.76 bits per heavy atom. The first-order valence-corrected chi connectivity index (χ1v) is 11.5. The number of amides is 1. The molecule has 0 aliphatic heterocycles. The monoisotopic (exact) mass is 535 g/mol. The molecule has 192 valence electrons. The molecule has 5 nitrogen and oxygen atoms in total. The number of carbonyl (C=O) groups is 1. The summed E-state index contributed by atoms with van der Waals surface area (Å²) in [4.78, 5) is 11.7. The molecule has 5 rings (SSSR count). The number of furan rings is 1. The summed E-state index contributed by atoms with van der Waals surface area (Å²) >= 11 is 1.30. The fraction of sp³-hybridized carbons (Fsp3) is 0.115. The first kappa shape index (κ1) is 26.1. The van der Waals surface area contributed by atoms with Crippen LogP contribution in [0.3, 0.4) is 0 Å². The van der Waals surface area contributed by atoms with E-state index in [0.29, 0.717) is 21.6 Å². The van der Waals surface area contributed by atoms with Gasteiger partial charge in [-0.3, -0.25) is 4.79 Å². The summed E-state index contributed by atoms with van der Waals surface area (Å²) in [6, 6.07) is 16.3. The van der Waals surface area contributed by atoms with E-state index in [2.05, 4.69) is 0 Å². The Balaban J connectivity index is 0.000000186. The lowest BCUT2D eigenvalue weighted by Gasteiger charge is -2.08. The van der Waals surface area contributed by atoms with E-state index in [4.69, 9.17) is 20.0 Å². The molecule has 0 bridgehead atoms. The number of carbonyl (C=O) groups excluding carboxylic acids is 1. The van der Waals surface area contributed by atoms with E-state index in [9.17, 15) is 26.7 Å². The lowest BCUT2D eigenvalue weighted by atomic mass is 10.1. The predicted octanol–water partition coefficient (Wildman–Crippen LogP) is 6.80. The summed E-state index contributed by atoms with van der Waals surface area (Å²) in [5.74, 6) is -3.13. The average Bonchev–Trinajstić information content (AvgIpc) is 3.46. The van der Waals surface area contributed by atoms with E-state index in [1.54, 1.807) is 18.2 Å². The molecule has 0 unspecified atom stereocenters. The molecular weight excluding hydrogens is 517 g/mol. The van der Waals surface area contributed by atoms with Crippen molar-refractivity contribution < 1.29 is 41.0 Å². The van der Waals surface area contributed by atoms with Gasteiger partial charge in [0.15, 0.2) is 11.6 Å². The van der Waals surface area contributed by atoms with Crippen LogP contribution in [0.4, 0.5) is 22.0 Å². The van der Waals surface area contributed by atoms with Gasteiger partial charge in [0.25, 0.3) is 5.91 Å². The highest BCUT2D eigenvalue weighted by atomic mass is 32.1. The molecular formula is C26H18F5NO4S. The number of para-hydroxylation sites is 1. The van der Waals surface area contributed by atoms with Crippen molar-refractivity contribution in [1.29, 1.82) is 0 Å². The van der Waals surface area contributed by atoms with Crippen molar-refractivity contribution in [2.75, 3.05) is 0 Å². The van der Waals surface area contributed by atoms with Gasteiger partial charge in [0, 0.05) is 15.0 Å². The third-order valence-electron chi connectivity index (χ3n) is 5.20. The Labute approximate surface area is 210 Å². The van der Waals surface area contributed by atoms with Crippen molar-refractivity contribution in [3.8, 4) is 5.75 Å². The van der Waals surface area contributed by atoms with Crippen LogP contribution in [0.1, 0.15) is 26.6 Å². The fourth-order valence-corrected chi connectivity index (χ4v) is 4.38. The Morgan fingerprint density at radius 1 is 1.00 bits per heavy atom. The SMILES string of the molecule is NC(=O)c1c(F)ccc(OCc2cc3ccccc3o2)c1F.OCc1cc2cc(C(F)(F)F)ccc2s1. The zero-order valence-electron chi connectivity index (χ0n) is 18.8. The van der Waals surface area contributed by atoms with Gasteiger partial charge in [-0.25, -0.2) is 8.78 Å². The Morgan fingerprint density at radius 3 is 2.43 bits per heavy atom. The molecule has 3 aromatic carbocycles. The molecule has 2 aromatic heterocycles. The minimum absolute atomic E-state index is 0.0601. The Kier molecular flexibility index (Phi) is 7.46. The molecule has 37 heavy (non-hydrogen) atoms. The van der Waals surface area contributed by atoms with Crippen LogP contribution in [-0.4, -0.2) is 11.0 Å². The van der Waals surface area contributed by atoms with Crippen LogP contribution < -0.4 is 10.5 Å². The molecule has 0 radical (unpaired) electrons. The summed E-state index contributed by atoms with van der Waals surface area (Å²) in [6.07, 6.45) is -4.31. The van der Waals surface area contributed by atoms with Gasteiger partial charge < -0.3 is 20.0 Å². The molecule has 0 aliphatic carbocycles. The number of rotatable bonds is 5.